The third-order valence-corrected chi connectivity index (χ3v) is 5.96. The first-order valence-corrected chi connectivity index (χ1v) is 12.5. The van der Waals surface area contributed by atoms with Crippen molar-refractivity contribution in [2.75, 3.05) is 0 Å². The fraction of sp³-hybridized carbons (Fsp3) is 0.290. The van der Waals surface area contributed by atoms with Gasteiger partial charge in [-0.15, -0.1) is 13.2 Å². The van der Waals surface area contributed by atoms with Crippen LogP contribution >= 0.6 is 0 Å². The molecule has 0 spiro atoms. The molecule has 3 aromatic carbocycles. The minimum Gasteiger partial charge on any atom is -0.403 e. The van der Waals surface area contributed by atoms with Gasteiger partial charge in [0.2, 0.25) is 0 Å². The Morgan fingerprint density at radius 3 is 2.11 bits per heavy atom. The highest BCUT2D eigenvalue weighted by Crippen LogP contribution is 2.31. The molecule has 0 aliphatic heterocycles. The number of hydrogen-bond donors (Lipinski definition) is 0. The Balaban J connectivity index is 1.78. The third-order valence-electron chi connectivity index (χ3n) is 5.96. The molecular formula is C31H28F6O. The van der Waals surface area contributed by atoms with Crippen molar-refractivity contribution in [3.8, 4) is 17.6 Å². The van der Waals surface area contributed by atoms with E-state index in [9.17, 15) is 22.0 Å². The molecule has 0 radical (unpaired) electrons. The van der Waals surface area contributed by atoms with Crippen LogP contribution in [0.15, 0.2) is 60.7 Å². The SMILES string of the molecule is CCCCCCc1ccc(/C(F)=C(\F)c2ccc(C#Cc3ccc(OC(F)(F)F)c(F)c3)c(CC)c2)cc1. The summed E-state index contributed by atoms with van der Waals surface area (Å²) in [5.74, 6) is 1.41. The lowest BCUT2D eigenvalue weighted by atomic mass is 9.99. The highest BCUT2D eigenvalue weighted by molar-refractivity contribution is 5.83. The molecule has 0 aromatic heterocycles. The lowest BCUT2D eigenvalue weighted by Gasteiger charge is -2.09. The van der Waals surface area contributed by atoms with Crippen molar-refractivity contribution in [1.29, 1.82) is 0 Å². The minimum atomic E-state index is -5.01. The van der Waals surface area contributed by atoms with Crippen molar-refractivity contribution >= 4 is 11.7 Å². The fourth-order valence-corrected chi connectivity index (χ4v) is 3.90. The summed E-state index contributed by atoms with van der Waals surface area (Å²) in [5, 5.41) is 0. The molecule has 0 aliphatic rings. The van der Waals surface area contributed by atoms with Gasteiger partial charge in [-0.1, -0.05) is 75.3 Å². The molecule has 3 aromatic rings. The van der Waals surface area contributed by atoms with Gasteiger partial charge in [-0.25, -0.2) is 13.2 Å². The van der Waals surface area contributed by atoms with Gasteiger partial charge in [-0.05, 0) is 60.7 Å². The van der Waals surface area contributed by atoms with Crippen LogP contribution in [0.2, 0.25) is 0 Å². The Morgan fingerprint density at radius 2 is 1.47 bits per heavy atom. The van der Waals surface area contributed by atoms with Crippen molar-refractivity contribution in [3.05, 3.63) is 99.9 Å². The van der Waals surface area contributed by atoms with Crippen LogP contribution in [0, 0.1) is 17.7 Å². The maximum atomic E-state index is 15.0. The molecule has 0 saturated heterocycles. The lowest BCUT2D eigenvalue weighted by Crippen LogP contribution is -2.17. The summed E-state index contributed by atoms with van der Waals surface area (Å²) in [5.41, 5.74) is 2.58. The average molecular weight is 531 g/mol. The molecule has 0 unspecified atom stereocenters. The maximum absolute atomic E-state index is 15.0. The number of aryl methyl sites for hydroxylation is 2. The Bertz CT molecular complexity index is 1330. The average Bonchev–Trinajstić information content (AvgIpc) is 2.90. The summed E-state index contributed by atoms with van der Waals surface area (Å²) < 4.78 is 84.5. The van der Waals surface area contributed by atoms with Crippen LogP contribution < -0.4 is 4.74 Å². The van der Waals surface area contributed by atoms with E-state index in [1.807, 2.05) is 19.1 Å². The maximum Gasteiger partial charge on any atom is 0.573 e. The summed E-state index contributed by atoms with van der Waals surface area (Å²) >= 11 is 0. The molecule has 0 atom stereocenters. The zero-order valence-corrected chi connectivity index (χ0v) is 21.2. The van der Waals surface area contributed by atoms with Gasteiger partial charge < -0.3 is 4.74 Å². The van der Waals surface area contributed by atoms with Gasteiger partial charge in [0, 0.05) is 22.3 Å². The first-order valence-electron chi connectivity index (χ1n) is 12.5. The number of halogens is 6. The number of hydrogen-bond acceptors (Lipinski definition) is 1. The van der Waals surface area contributed by atoms with E-state index in [2.05, 4.69) is 23.5 Å². The van der Waals surface area contributed by atoms with Crippen molar-refractivity contribution in [3.63, 3.8) is 0 Å². The smallest absolute Gasteiger partial charge is 0.403 e. The van der Waals surface area contributed by atoms with Crippen molar-refractivity contribution in [1.82, 2.24) is 0 Å². The lowest BCUT2D eigenvalue weighted by molar-refractivity contribution is -0.275. The molecule has 0 amide bonds. The molecule has 0 heterocycles. The summed E-state index contributed by atoms with van der Waals surface area (Å²) in [4.78, 5) is 0. The summed E-state index contributed by atoms with van der Waals surface area (Å²) in [6.45, 7) is 3.97. The molecule has 0 N–H and O–H groups in total. The van der Waals surface area contributed by atoms with E-state index in [0.29, 0.717) is 17.5 Å². The van der Waals surface area contributed by atoms with Crippen LogP contribution in [-0.4, -0.2) is 6.36 Å². The topological polar surface area (TPSA) is 9.23 Å². The molecule has 38 heavy (non-hydrogen) atoms. The van der Waals surface area contributed by atoms with Crippen LogP contribution in [0.5, 0.6) is 5.75 Å². The van der Waals surface area contributed by atoms with E-state index in [0.717, 1.165) is 43.4 Å². The number of alkyl halides is 3. The standard InChI is InChI=1S/C31H28F6O/c1-3-5-6-7-8-21-9-14-25(15-10-21)29(33)30(34)26-17-16-24(23(4-2)20-26)13-11-22-12-18-28(27(32)19-22)38-31(35,36)37/h9-10,12,14-20H,3-8H2,1-2H3/b30-29+. The number of unbranched alkanes of at least 4 members (excludes halogenated alkanes) is 3. The Labute approximate surface area is 219 Å². The Kier molecular flexibility index (Phi) is 10.1. The molecule has 200 valence electrons. The quantitative estimate of drug-likeness (QED) is 0.116. The van der Waals surface area contributed by atoms with Crippen LogP contribution in [0.25, 0.3) is 11.7 Å². The number of benzene rings is 3. The van der Waals surface area contributed by atoms with Gasteiger partial charge in [-0.3, -0.25) is 0 Å². The molecule has 7 heteroatoms. The zero-order valence-electron chi connectivity index (χ0n) is 21.2. The number of rotatable bonds is 9. The predicted octanol–water partition coefficient (Wildman–Crippen LogP) is 9.57. The molecule has 1 nitrogen and oxygen atoms in total. The number of ether oxygens (including phenoxy) is 1. The van der Waals surface area contributed by atoms with Gasteiger partial charge in [0.05, 0.1) is 0 Å². The van der Waals surface area contributed by atoms with Crippen molar-refractivity contribution < 1.29 is 31.1 Å². The minimum absolute atomic E-state index is 0.0632. The third kappa shape index (κ3) is 8.17. The van der Waals surface area contributed by atoms with Crippen molar-refractivity contribution in [2.45, 2.75) is 58.7 Å². The van der Waals surface area contributed by atoms with Gasteiger partial charge in [-0.2, -0.15) is 0 Å². The molecule has 0 aliphatic carbocycles. The van der Waals surface area contributed by atoms with Gasteiger partial charge in [0.1, 0.15) is 0 Å². The monoisotopic (exact) mass is 530 g/mol. The normalized spacial score (nSPS) is 12.0. The summed E-state index contributed by atoms with van der Waals surface area (Å²) in [6.07, 6.45) is 0.882. The van der Waals surface area contributed by atoms with E-state index in [1.165, 1.54) is 30.7 Å². The fourth-order valence-electron chi connectivity index (χ4n) is 3.90. The summed E-state index contributed by atoms with van der Waals surface area (Å²) in [7, 11) is 0. The van der Waals surface area contributed by atoms with Gasteiger partial charge >= 0.3 is 6.36 Å². The second-order valence-electron chi connectivity index (χ2n) is 8.80. The van der Waals surface area contributed by atoms with Crippen LogP contribution in [-0.2, 0) is 12.8 Å². The van der Waals surface area contributed by atoms with Gasteiger partial charge in [0.25, 0.3) is 0 Å². The first-order chi connectivity index (χ1) is 18.1. The van der Waals surface area contributed by atoms with E-state index < -0.39 is 29.6 Å². The molecule has 3 rings (SSSR count). The van der Waals surface area contributed by atoms with E-state index in [1.54, 1.807) is 12.1 Å². The summed E-state index contributed by atoms with van der Waals surface area (Å²) in [6, 6.07) is 14.1. The molecule has 0 fully saturated rings. The van der Waals surface area contributed by atoms with E-state index >= 15 is 4.39 Å². The highest BCUT2D eigenvalue weighted by Gasteiger charge is 2.32. The van der Waals surface area contributed by atoms with Crippen molar-refractivity contribution in [2.24, 2.45) is 0 Å². The first kappa shape index (κ1) is 28.9. The second-order valence-corrected chi connectivity index (χ2v) is 8.80. The molecule has 0 saturated carbocycles. The highest BCUT2D eigenvalue weighted by atomic mass is 19.4. The Hall–Kier alpha value is -3.66. The molecule has 0 bridgehead atoms. The van der Waals surface area contributed by atoms with Crippen LogP contribution in [0.4, 0.5) is 26.3 Å². The second kappa shape index (κ2) is 13.2. The van der Waals surface area contributed by atoms with Gasteiger partial charge in [0.15, 0.2) is 23.2 Å². The van der Waals surface area contributed by atoms with Crippen LogP contribution in [0.1, 0.15) is 72.9 Å². The molecular weight excluding hydrogens is 502 g/mol. The van der Waals surface area contributed by atoms with Crippen LogP contribution in [0.3, 0.4) is 0 Å². The zero-order chi connectivity index (χ0) is 27.7. The van der Waals surface area contributed by atoms with E-state index in [-0.39, 0.29) is 16.7 Å². The Morgan fingerprint density at radius 1 is 0.789 bits per heavy atom. The largest absolute Gasteiger partial charge is 0.573 e. The predicted molar refractivity (Wildman–Crippen MR) is 138 cm³/mol. The van der Waals surface area contributed by atoms with E-state index in [4.69, 9.17) is 0 Å².